The summed E-state index contributed by atoms with van der Waals surface area (Å²) in [5.74, 6) is -0.0690. The number of piperidine rings is 1. The van der Waals surface area contributed by atoms with Crippen LogP contribution in [-0.2, 0) is 4.79 Å². The predicted octanol–water partition coefficient (Wildman–Crippen LogP) is 1.61. The number of nitro groups is 1. The van der Waals surface area contributed by atoms with Crippen LogP contribution in [0.25, 0.3) is 0 Å². The molecule has 2 N–H and O–H groups in total. The van der Waals surface area contributed by atoms with Gasteiger partial charge in [0.2, 0.25) is 5.91 Å². The fourth-order valence-corrected chi connectivity index (χ4v) is 2.64. The largest absolute Gasteiger partial charge is 0.326 e. The molecule has 0 saturated carbocycles. The van der Waals surface area contributed by atoms with Crippen LogP contribution in [0.2, 0.25) is 0 Å². The monoisotopic (exact) mass is 306 g/mol. The molecule has 0 radical (unpaired) electrons. The molecule has 1 unspecified atom stereocenters. The summed E-state index contributed by atoms with van der Waals surface area (Å²) >= 11 is 0. The van der Waals surface area contributed by atoms with Crippen LogP contribution in [0.5, 0.6) is 0 Å². The van der Waals surface area contributed by atoms with Crippen molar-refractivity contribution in [1.82, 2.24) is 10.2 Å². The van der Waals surface area contributed by atoms with E-state index in [9.17, 15) is 14.9 Å². The molecule has 1 aromatic rings. The summed E-state index contributed by atoms with van der Waals surface area (Å²) in [6, 6.07) is 6.38. The van der Waals surface area contributed by atoms with E-state index in [1.54, 1.807) is 12.1 Å². The van der Waals surface area contributed by atoms with E-state index in [0.717, 1.165) is 26.1 Å². The Balaban J connectivity index is 1.76. The molecule has 1 heterocycles. The summed E-state index contributed by atoms with van der Waals surface area (Å²) in [6.45, 7) is 2.74. The maximum absolute atomic E-state index is 11.9. The first kappa shape index (κ1) is 16.4. The molecule has 1 saturated heterocycles. The molecule has 0 bridgehead atoms. The number of likely N-dealkylation sites (tertiary alicyclic amines) is 1. The topological polar surface area (TPSA) is 87.5 Å². The summed E-state index contributed by atoms with van der Waals surface area (Å²) in [5.41, 5.74) is 0.603. The molecule has 120 valence electrons. The van der Waals surface area contributed by atoms with E-state index in [0.29, 0.717) is 18.2 Å². The molecule has 1 fully saturated rings. The smallest absolute Gasteiger partial charge is 0.269 e. The normalized spacial score (nSPS) is 18.9. The molecule has 0 spiro atoms. The van der Waals surface area contributed by atoms with Gasteiger partial charge in [-0.05, 0) is 38.6 Å². The second-order valence-corrected chi connectivity index (χ2v) is 5.53. The molecule has 7 heteroatoms. The first-order chi connectivity index (χ1) is 10.6. The van der Waals surface area contributed by atoms with E-state index in [1.165, 1.54) is 18.6 Å². The van der Waals surface area contributed by atoms with Gasteiger partial charge in [-0.3, -0.25) is 14.9 Å². The first-order valence-electron chi connectivity index (χ1n) is 7.52. The Hall–Kier alpha value is -1.99. The van der Waals surface area contributed by atoms with Gasteiger partial charge in [0.1, 0.15) is 0 Å². The van der Waals surface area contributed by atoms with Crippen LogP contribution in [0.1, 0.15) is 19.3 Å². The van der Waals surface area contributed by atoms with Gasteiger partial charge in [-0.25, -0.2) is 0 Å². The van der Waals surface area contributed by atoms with Crippen molar-refractivity contribution in [3.05, 3.63) is 34.4 Å². The van der Waals surface area contributed by atoms with E-state index >= 15 is 0 Å². The van der Waals surface area contributed by atoms with Gasteiger partial charge < -0.3 is 15.5 Å². The van der Waals surface area contributed by atoms with Crippen molar-refractivity contribution in [3.63, 3.8) is 0 Å². The van der Waals surface area contributed by atoms with Gasteiger partial charge in [0.05, 0.1) is 4.92 Å². The van der Waals surface area contributed by atoms with Crippen molar-refractivity contribution >= 4 is 17.3 Å². The number of hydrogen-bond donors (Lipinski definition) is 2. The Morgan fingerprint density at radius 1 is 1.41 bits per heavy atom. The molecule has 7 nitrogen and oxygen atoms in total. The Bertz CT molecular complexity index is 518. The van der Waals surface area contributed by atoms with Gasteiger partial charge in [-0.15, -0.1) is 0 Å². The van der Waals surface area contributed by atoms with Crippen molar-refractivity contribution in [1.29, 1.82) is 0 Å². The third-order valence-corrected chi connectivity index (χ3v) is 3.93. The zero-order valence-corrected chi connectivity index (χ0v) is 12.7. The van der Waals surface area contributed by atoms with Crippen molar-refractivity contribution < 1.29 is 9.72 Å². The van der Waals surface area contributed by atoms with Crippen LogP contribution in [0.4, 0.5) is 11.4 Å². The van der Waals surface area contributed by atoms with E-state index < -0.39 is 4.92 Å². The number of nitrogens with one attached hydrogen (secondary N) is 2. The van der Waals surface area contributed by atoms with E-state index in [1.807, 2.05) is 7.05 Å². The Morgan fingerprint density at radius 3 is 2.77 bits per heavy atom. The number of nitro benzene ring substituents is 1. The summed E-state index contributed by atoms with van der Waals surface area (Å²) in [6.07, 6.45) is 2.75. The third kappa shape index (κ3) is 4.78. The molecule has 2 rings (SSSR count). The number of carbonyl (C=O) groups is 1. The molecule has 1 amide bonds. The molecule has 1 aliphatic rings. The molecular weight excluding hydrogens is 284 g/mol. The Kier molecular flexibility index (Phi) is 5.85. The van der Waals surface area contributed by atoms with Crippen LogP contribution < -0.4 is 10.6 Å². The highest BCUT2D eigenvalue weighted by atomic mass is 16.6. The Morgan fingerprint density at radius 2 is 2.14 bits per heavy atom. The van der Waals surface area contributed by atoms with Gasteiger partial charge in [0, 0.05) is 43.4 Å². The lowest BCUT2D eigenvalue weighted by atomic mass is 10.1. The van der Waals surface area contributed by atoms with Crippen LogP contribution in [0.15, 0.2) is 24.3 Å². The highest BCUT2D eigenvalue weighted by Crippen LogP contribution is 2.16. The second-order valence-electron chi connectivity index (χ2n) is 5.53. The number of nitrogens with zero attached hydrogens (tertiary/aromatic N) is 2. The Labute approximate surface area is 129 Å². The minimum atomic E-state index is -0.458. The average Bonchev–Trinajstić information content (AvgIpc) is 2.53. The van der Waals surface area contributed by atoms with E-state index in [4.69, 9.17) is 0 Å². The number of anilines is 1. The number of rotatable bonds is 6. The number of amides is 1. The van der Waals surface area contributed by atoms with Gasteiger partial charge >= 0.3 is 0 Å². The molecule has 1 aromatic carbocycles. The minimum Gasteiger partial charge on any atom is -0.326 e. The van der Waals surface area contributed by atoms with Gasteiger partial charge in [0.25, 0.3) is 5.69 Å². The van der Waals surface area contributed by atoms with Gasteiger partial charge in [-0.2, -0.15) is 0 Å². The van der Waals surface area contributed by atoms with Crippen molar-refractivity contribution in [3.8, 4) is 0 Å². The molecule has 1 atom stereocenters. The average molecular weight is 306 g/mol. The van der Waals surface area contributed by atoms with Crippen molar-refractivity contribution in [2.75, 3.05) is 32.0 Å². The van der Waals surface area contributed by atoms with Crippen LogP contribution >= 0.6 is 0 Å². The van der Waals surface area contributed by atoms with E-state index in [2.05, 4.69) is 15.5 Å². The SMILES string of the molecule is CNC1CCCN(CCC(=O)Nc2ccc([N+](=O)[O-])cc2)C1. The third-order valence-electron chi connectivity index (χ3n) is 3.93. The number of non-ortho nitro benzene ring substituents is 1. The fourth-order valence-electron chi connectivity index (χ4n) is 2.64. The zero-order valence-electron chi connectivity index (χ0n) is 12.7. The summed E-state index contributed by atoms with van der Waals surface area (Å²) < 4.78 is 0. The van der Waals surface area contributed by atoms with Crippen molar-refractivity contribution in [2.45, 2.75) is 25.3 Å². The van der Waals surface area contributed by atoms with Crippen LogP contribution in [0.3, 0.4) is 0 Å². The quantitative estimate of drug-likeness (QED) is 0.616. The molecule has 0 aromatic heterocycles. The molecule has 22 heavy (non-hydrogen) atoms. The highest BCUT2D eigenvalue weighted by molar-refractivity contribution is 5.90. The fraction of sp³-hybridized carbons (Fsp3) is 0.533. The molecular formula is C15H22N4O3. The highest BCUT2D eigenvalue weighted by Gasteiger charge is 2.18. The van der Waals surface area contributed by atoms with Gasteiger partial charge in [0.15, 0.2) is 0 Å². The molecule has 1 aliphatic heterocycles. The van der Waals surface area contributed by atoms with Crippen molar-refractivity contribution in [2.24, 2.45) is 0 Å². The zero-order chi connectivity index (χ0) is 15.9. The summed E-state index contributed by atoms with van der Waals surface area (Å²) in [4.78, 5) is 24.3. The van der Waals surface area contributed by atoms with Gasteiger partial charge in [-0.1, -0.05) is 0 Å². The summed E-state index contributed by atoms with van der Waals surface area (Å²) in [5, 5.41) is 16.6. The standard InChI is InChI=1S/C15H22N4O3/c1-16-13-3-2-9-18(11-13)10-8-15(20)17-12-4-6-14(7-5-12)19(21)22/h4-7,13,16H,2-3,8-11H2,1H3,(H,17,20). The maximum atomic E-state index is 11.9. The number of carbonyl (C=O) groups excluding carboxylic acids is 1. The molecule has 0 aliphatic carbocycles. The number of benzene rings is 1. The lowest BCUT2D eigenvalue weighted by molar-refractivity contribution is -0.384. The van der Waals surface area contributed by atoms with E-state index in [-0.39, 0.29) is 11.6 Å². The first-order valence-corrected chi connectivity index (χ1v) is 7.52. The lowest BCUT2D eigenvalue weighted by Gasteiger charge is -2.32. The summed E-state index contributed by atoms with van der Waals surface area (Å²) in [7, 11) is 1.97. The van der Waals surface area contributed by atoms with Crippen LogP contribution in [0, 0.1) is 10.1 Å². The maximum Gasteiger partial charge on any atom is 0.269 e. The predicted molar refractivity (Wildman–Crippen MR) is 84.9 cm³/mol. The number of likely N-dealkylation sites (N-methyl/N-ethyl adjacent to an activating group) is 1. The minimum absolute atomic E-state index is 0.0180. The second kappa shape index (κ2) is 7.86. The lowest BCUT2D eigenvalue weighted by Crippen LogP contribution is -2.45. The number of hydrogen-bond acceptors (Lipinski definition) is 5. The van der Waals surface area contributed by atoms with Crippen LogP contribution in [-0.4, -0.2) is 48.5 Å².